The third-order valence-electron chi connectivity index (χ3n) is 4.48. The van der Waals surface area contributed by atoms with Crippen LogP contribution in [-0.2, 0) is 6.54 Å². The highest BCUT2D eigenvalue weighted by atomic mass is 16.5. The summed E-state index contributed by atoms with van der Waals surface area (Å²) in [7, 11) is 5.66. The lowest BCUT2D eigenvalue weighted by molar-refractivity contribution is 0.414. The minimum Gasteiger partial charge on any atom is -0.495 e. The van der Waals surface area contributed by atoms with E-state index in [0.717, 1.165) is 49.1 Å². The molecule has 1 fully saturated rings. The molecule has 6 heteroatoms. The third kappa shape index (κ3) is 4.20. The van der Waals surface area contributed by atoms with Crippen LogP contribution in [0.4, 0.5) is 11.6 Å². The van der Waals surface area contributed by atoms with Gasteiger partial charge in [-0.25, -0.2) is 9.97 Å². The number of hydrogen-bond donors (Lipinski definition) is 1. The van der Waals surface area contributed by atoms with E-state index in [0.29, 0.717) is 6.04 Å². The molecule has 0 saturated carbocycles. The fraction of sp³-hybridized carbons (Fsp3) is 0.474. The summed E-state index contributed by atoms with van der Waals surface area (Å²) in [5.41, 5.74) is 3.20. The highest BCUT2D eigenvalue weighted by Crippen LogP contribution is 2.30. The fourth-order valence-corrected chi connectivity index (χ4v) is 3.19. The van der Waals surface area contributed by atoms with Gasteiger partial charge in [0.25, 0.3) is 0 Å². The van der Waals surface area contributed by atoms with E-state index < -0.39 is 0 Å². The number of rotatable bonds is 6. The Hall–Kier alpha value is -2.34. The number of ether oxygens (including phenoxy) is 1. The van der Waals surface area contributed by atoms with Crippen LogP contribution in [0.2, 0.25) is 0 Å². The molecule has 2 heterocycles. The Morgan fingerprint density at radius 2 is 2.08 bits per heavy atom. The van der Waals surface area contributed by atoms with Gasteiger partial charge >= 0.3 is 0 Å². The van der Waals surface area contributed by atoms with Crippen molar-refractivity contribution in [3.63, 3.8) is 0 Å². The van der Waals surface area contributed by atoms with E-state index in [2.05, 4.69) is 32.3 Å². The Labute approximate surface area is 149 Å². The summed E-state index contributed by atoms with van der Waals surface area (Å²) in [6.07, 6.45) is 1.11. The molecule has 0 bridgehead atoms. The van der Waals surface area contributed by atoms with Gasteiger partial charge in [-0.05, 0) is 31.5 Å². The molecule has 0 spiro atoms. The smallest absolute Gasteiger partial charge is 0.225 e. The summed E-state index contributed by atoms with van der Waals surface area (Å²) in [6, 6.07) is 10.7. The second kappa shape index (κ2) is 7.70. The van der Waals surface area contributed by atoms with E-state index >= 15 is 0 Å². The first kappa shape index (κ1) is 17.5. The molecule has 1 aliphatic rings. The third-order valence-corrected chi connectivity index (χ3v) is 4.48. The molecule has 1 aromatic heterocycles. The highest BCUT2D eigenvalue weighted by Gasteiger charge is 2.24. The van der Waals surface area contributed by atoms with Crippen LogP contribution >= 0.6 is 0 Å². The number of benzene rings is 1. The normalized spacial score (nSPS) is 17.0. The Bertz CT molecular complexity index is 719. The Morgan fingerprint density at radius 3 is 2.84 bits per heavy atom. The zero-order chi connectivity index (χ0) is 17.8. The summed E-state index contributed by atoms with van der Waals surface area (Å²) in [5.74, 6) is 1.70. The van der Waals surface area contributed by atoms with Gasteiger partial charge in [0, 0.05) is 45.5 Å². The largest absolute Gasteiger partial charge is 0.495 e. The summed E-state index contributed by atoms with van der Waals surface area (Å²) < 4.78 is 5.49. The minimum atomic E-state index is 0.447. The molecule has 1 N–H and O–H groups in total. The summed E-state index contributed by atoms with van der Waals surface area (Å²) >= 11 is 0. The predicted octanol–water partition coefficient (Wildman–Crippen LogP) is 2.23. The second-order valence-corrected chi connectivity index (χ2v) is 6.68. The van der Waals surface area contributed by atoms with E-state index in [4.69, 9.17) is 4.74 Å². The van der Waals surface area contributed by atoms with Crippen molar-refractivity contribution in [3.8, 4) is 5.75 Å². The molecule has 25 heavy (non-hydrogen) atoms. The molecular formula is C19H27N5O. The first-order valence-electron chi connectivity index (χ1n) is 8.70. The van der Waals surface area contributed by atoms with Gasteiger partial charge in [0.15, 0.2) is 0 Å². The number of hydrogen-bond acceptors (Lipinski definition) is 6. The molecule has 3 rings (SSSR count). The maximum Gasteiger partial charge on any atom is 0.225 e. The topological polar surface area (TPSA) is 53.5 Å². The van der Waals surface area contributed by atoms with Gasteiger partial charge in [-0.15, -0.1) is 0 Å². The monoisotopic (exact) mass is 341 g/mol. The molecule has 1 aromatic carbocycles. The fourth-order valence-electron chi connectivity index (χ4n) is 3.19. The van der Waals surface area contributed by atoms with Crippen LogP contribution in [0.5, 0.6) is 5.75 Å². The van der Waals surface area contributed by atoms with Crippen molar-refractivity contribution in [2.45, 2.75) is 25.9 Å². The van der Waals surface area contributed by atoms with Crippen molar-refractivity contribution < 1.29 is 4.74 Å². The van der Waals surface area contributed by atoms with E-state index in [1.165, 1.54) is 5.69 Å². The van der Waals surface area contributed by atoms with Crippen LogP contribution < -0.4 is 19.9 Å². The van der Waals surface area contributed by atoms with Gasteiger partial charge in [-0.1, -0.05) is 12.1 Å². The van der Waals surface area contributed by atoms with Gasteiger partial charge in [-0.3, -0.25) is 0 Å². The molecule has 1 aliphatic heterocycles. The van der Waals surface area contributed by atoms with Crippen LogP contribution in [0.15, 0.2) is 30.3 Å². The van der Waals surface area contributed by atoms with Crippen molar-refractivity contribution in [2.75, 3.05) is 44.1 Å². The Balaban J connectivity index is 1.61. The predicted molar refractivity (Wildman–Crippen MR) is 102 cm³/mol. The van der Waals surface area contributed by atoms with Crippen molar-refractivity contribution in [1.82, 2.24) is 15.3 Å². The number of aryl methyl sites for hydroxylation is 1. The molecule has 1 unspecified atom stereocenters. The molecule has 2 aromatic rings. The van der Waals surface area contributed by atoms with E-state index in [1.807, 2.05) is 44.1 Å². The minimum absolute atomic E-state index is 0.447. The van der Waals surface area contributed by atoms with E-state index in [-0.39, 0.29) is 0 Å². The van der Waals surface area contributed by atoms with Crippen LogP contribution in [0.1, 0.15) is 17.8 Å². The lowest BCUT2D eigenvalue weighted by Crippen LogP contribution is -2.32. The van der Waals surface area contributed by atoms with Crippen LogP contribution in [-0.4, -0.2) is 50.3 Å². The van der Waals surface area contributed by atoms with Crippen LogP contribution in [0.3, 0.4) is 0 Å². The summed E-state index contributed by atoms with van der Waals surface area (Å²) in [5, 5.41) is 3.64. The van der Waals surface area contributed by atoms with E-state index in [9.17, 15) is 0 Å². The molecule has 0 radical (unpaired) electrons. The SMILES string of the molecule is COc1ccccc1N1CCC(NCc2cc(C)nc(N(C)C)n2)C1. The molecule has 6 nitrogen and oxygen atoms in total. The average Bonchev–Trinajstić information content (AvgIpc) is 3.08. The summed E-state index contributed by atoms with van der Waals surface area (Å²) in [6.45, 7) is 4.78. The molecule has 0 amide bonds. The molecule has 134 valence electrons. The van der Waals surface area contributed by atoms with Crippen molar-refractivity contribution in [3.05, 3.63) is 41.7 Å². The van der Waals surface area contributed by atoms with Crippen molar-refractivity contribution in [2.24, 2.45) is 0 Å². The number of anilines is 2. The lowest BCUT2D eigenvalue weighted by atomic mass is 10.2. The first-order chi connectivity index (χ1) is 12.1. The molecule has 1 atom stereocenters. The number of aromatic nitrogens is 2. The number of nitrogens with zero attached hydrogens (tertiary/aromatic N) is 4. The number of methoxy groups -OCH3 is 1. The summed E-state index contributed by atoms with van der Waals surface area (Å²) in [4.78, 5) is 13.4. The molecule has 0 aliphatic carbocycles. The second-order valence-electron chi connectivity index (χ2n) is 6.68. The van der Waals surface area contributed by atoms with Gasteiger partial charge in [0.2, 0.25) is 5.95 Å². The molecule has 1 saturated heterocycles. The zero-order valence-electron chi connectivity index (χ0n) is 15.5. The number of nitrogens with one attached hydrogen (secondary N) is 1. The van der Waals surface area contributed by atoms with Crippen molar-refractivity contribution in [1.29, 1.82) is 0 Å². The van der Waals surface area contributed by atoms with Gasteiger partial charge in [-0.2, -0.15) is 0 Å². The van der Waals surface area contributed by atoms with E-state index in [1.54, 1.807) is 7.11 Å². The van der Waals surface area contributed by atoms with Gasteiger partial charge in [0.1, 0.15) is 5.75 Å². The first-order valence-corrected chi connectivity index (χ1v) is 8.70. The standard InChI is InChI=1S/C19H27N5O/c1-14-11-16(22-19(21-14)23(2)3)12-20-15-9-10-24(13-15)17-7-5-6-8-18(17)25-4/h5-8,11,15,20H,9-10,12-13H2,1-4H3. The average molecular weight is 341 g/mol. The Kier molecular flexibility index (Phi) is 5.38. The Morgan fingerprint density at radius 1 is 1.28 bits per heavy atom. The zero-order valence-corrected chi connectivity index (χ0v) is 15.5. The van der Waals surface area contributed by atoms with Gasteiger partial charge < -0.3 is 19.9 Å². The van der Waals surface area contributed by atoms with Crippen LogP contribution in [0.25, 0.3) is 0 Å². The maximum atomic E-state index is 5.49. The highest BCUT2D eigenvalue weighted by molar-refractivity contribution is 5.59. The van der Waals surface area contributed by atoms with Gasteiger partial charge in [0.05, 0.1) is 18.5 Å². The number of para-hydroxylation sites is 2. The lowest BCUT2D eigenvalue weighted by Gasteiger charge is -2.21. The molecular weight excluding hydrogens is 314 g/mol. The van der Waals surface area contributed by atoms with Crippen molar-refractivity contribution >= 4 is 11.6 Å². The quantitative estimate of drug-likeness (QED) is 0.870. The maximum absolute atomic E-state index is 5.49. The van der Waals surface area contributed by atoms with Crippen LogP contribution in [0, 0.1) is 6.92 Å².